The van der Waals surface area contributed by atoms with Gasteiger partial charge in [-0.05, 0) is 18.9 Å². The quantitative estimate of drug-likeness (QED) is 0.334. The summed E-state index contributed by atoms with van der Waals surface area (Å²) in [5, 5.41) is 9.48. The molecular formula is C25H43N3O4. The number of Topliss-reactive ketones (excluding diaryl/α,β-unsaturated/α-hetero) is 1. The van der Waals surface area contributed by atoms with Gasteiger partial charge in [-0.25, -0.2) is 4.79 Å². The number of aliphatic hydroxyl groups excluding tert-OH is 1. The number of nitrogens with two attached hydrogens (primary N) is 1. The molecule has 0 unspecified atom stereocenters. The molecule has 1 aliphatic rings. The maximum absolute atomic E-state index is 13.1. The van der Waals surface area contributed by atoms with E-state index in [1.165, 1.54) is 81.0 Å². The van der Waals surface area contributed by atoms with Crippen LogP contribution in [0.1, 0.15) is 110 Å². The summed E-state index contributed by atoms with van der Waals surface area (Å²) >= 11 is 0. The van der Waals surface area contributed by atoms with Crippen LogP contribution in [0.15, 0.2) is 17.1 Å². The van der Waals surface area contributed by atoms with E-state index < -0.39 is 17.5 Å². The first kappa shape index (κ1) is 26.5. The molecule has 1 aliphatic heterocycles. The molecule has 1 fully saturated rings. The van der Waals surface area contributed by atoms with Crippen molar-refractivity contribution in [3.63, 3.8) is 0 Å². The molecule has 2 atom stereocenters. The molecule has 1 aromatic rings. The first-order chi connectivity index (χ1) is 15.5. The summed E-state index contributed by atoms with van der Waals surface area (Å²) in [4.78, 5) is 29.3. The van der Waals surface area contributed by atoms with Gasteiger partial charge in [-0.3, -0.25) is 9.36 Å². The Labute approximate surface area is 192 Å². The van der Waals surface area contributed by atoms with E-state index in [9.17, 15) is 14.7 Å². The fourth-order valence-electron chi connectivity index (χ4n) is 4.59. The monoisotopic (exact) mass is 449 g/mol. The molecule has 0 amide bonds. The van der Waals surface area contributed by atoms with Crippen LogP contribution in [0.2, 0.25) is 0 Å². The summed E-state index contributed by atoms with van der Waals surface area (Å²) < 4.78 is 7.17. The Morgan fingerprint density at radius 1 is 1.09 bits per heavy atom. The van der Waals surface area contributed by atoms with Crippen LogP contribution in [0.3, 0.4) is 0 Å². The highest BCUT2D eigenvalue weighted by atomic mass is 16.5. The van der Waals surface area contributed by atoms with Gasteiger partial charge in [0.25, 0.3) is 0 Å². The second-order valence-corrected chi connectivity index (χ2v) is 9.17. The Balaban J connectivity index is 1.69. The number of hydrogen-bond donors (Lipinski definition) is 2. The van der Waals surface area contributed by atoms with Crippen molar-refractivity contribution in [2.24, 2.45) is 0 Å². The topological polar surface area (TPSA) is 107 Å². The van der Waals surface area contributed by atoms with Crippen molar-refractivity contribution in [3.8, 4) is 0 Å². The minimum atomic E-state index is -1.37. The molecule has 2 rings (SSSR count). The average molecular weight is 450 g/mol. The minimum Gasteiger partial charge on any atom is -0.394 e. The van der Waals surface area contributed by atoms with Crippen molar-refractivity contribution in [1.29, 1.82) is 0 Å². The van der Waals surface area contributed by atoms with Gasteiger partial charge < -0.3 is 15.6 Å². The zero-order chi connectivity index (χ0) is 23.2. The SMILES string of the molecule is CCCCCCCCCCCCCCCC(=O)[C@]1(n2ccc(N)nc2=O)CC[C@@H](CO)O1. The number of ketones is 1. The molecule has 2 heterocycles. The lowest BCUT2D eigenvalue weighted by Crippen LogP contribution is -2.48. The Bertz CT molecular complexity index is 736. The van der Waals surface area contributed by atoms with Crippen LogP contribution in [0.4, 0.5) is 5.82 Å². The van der Waals surface area contributed by atoms with E-state index in [2.05, 4.69) is 11.9 Å². The van der Waals surface area contributed by atoms with Crippen LogP contribution in [-0.2, 0) is 15.3 Å². The Morgan fingerprint density at radius 2 is 1.66 bits per heavy atom. The smallest absolute Gasteiger partial charge is 0.352 e. The van der Waals surface area contributed by atoms with Gasteiger partial charge in [0.1, 0.15) is 5.82 Å². The lowest BCUT2D eigenvalue weighted by molar-refractivity contribution is -0.161. The first-order valence-electron chi connectivity index (χ1n) is 12.7. The van der Waals surface area contributed by atoms with Crippen LogP contribution < -0.4 is 11.4 Å². The molecule has 0 aliphatic carbocycles. The summed E-state index contributed by atoms with van der Waals surface area (Å²) in [5.41, 5.74) is 3.63. The second-order valence-electron chi connectivity index (χ2n) is 9.17. The largest absolute Gasteiger partial charge is 0.394 e. The predicted molar refractivity (Wildman–Crippen MR) is 127 cm³/mol. The Hall–Kier alpha value is -1.73. The van der Waals surface area contributed by atoms with Gasteiger partial charge in [0.2, 0.25) is 5.72 Å². The summed E-state index contributed by atoms with van der Waals surface area (Å²) in [6, 6.07) is 1.50. The van der Waals surface area contributed by atoms with Crippen LogP contribution in [0.5, 0.6) is 0 Å². The summed E-state index contributed by atoms with van der Waals surface area (Å²) in [6.45, 7) is 2.08. The van der Waals surface area contributed by atoms with Crippen LogP contribution in [-0.4, -0.2) is 33.2 Å². The molecule has 0 aromatic carbocycles. The second kappa shape index (κ2) is 14.4. The zero-order valence-electron chi connectivity index (χ0n) is 19.9. The Kier molecular flexibility index (Phi) is 12.0. The van der Waals surface area contributed by atoms with E-state index in [1.54, 1.807) is 0 Å². The van der Waals surface area contributed by atoms with Gasteiger partial charge in [-0.15, -0.1) is 0 Å². The van der Waals surface area contributed by atoms with Gasteiger partial charge in [-0.2, -0.15) is 4.98 Å². The number of anilines is 1. The fourth-order valence-corrected chi connectivity index (χ4v) is 4.59. The molecule has 7 nitrogen and oxygen atoms in total. The fraction of sp³-hybridized carbons (Fsp3) is 0.800. The number of nitrogen functional groups attached to an aromatic ring is 1. The third-order valence-electron chi connectivity index (χ3n) is 6.53. The molecule has 0 radical (unpaired) electrons. The number of carbonyl (C=O) groups excluding carboxylic acids is 1. The third-order valence-corrected chi connectivity index (χ3v) is 6.53. The molecule has 1 aromatic heterocycles. The lowest BCUT2D eigenvalue weighted by atomic mass is 9.97. The van der Waals surface area contributed by atoms with Crippen LogP contribution in [0.25, 0.3) is 0 Å². The molecule has 3 N–H and O–H groups in total. The zero-order valence-corrected chi connectivity index (χ0v) is 19.9. The lowest BCUT2D eigenvalue weighted by Gasteiger charge is -2.29. The van der Waals surface area contributed by atoms with E-state index in [-0.39, 0.29) is 18.2 Å². The number of unbranched alkanes of at least 4 members (excludes halogenated alkanes) is 12. The predicted octanol–water partition coefficient (Wildman–Crippen LogP) is 4.70. The number of ether oxygens (including phenoxy) is 1. The van der Waals surface area contributed by atoms with E-state index in [4.69, 9.17) is 10.5 Å². The number of hydrogen-bond acceptors (Lipinski definition) is 6. The normalized spacial score (nSPS) is 20.6. The molecule has 0 saturated carbocycles. The van der Waals surface area contributed by atoms with Crippen LogP contribution in [0, 0.1) is 0 Å². The molecular weight excluding hydrogens is 406 g/mol. The van der Waals surface area contributed by atoms with Crippen molar-refractivity contribution >= 4 is 11.6 Å². The van der Waals surface area contributed by atoms with E-state index in [0.29, 0.717) is 19.3 Å². The minimum absolute atomic E-state index is 0.113. The molecule has 0 bridgehead atoms. The highest BCUT2D eigenvalue weighted by Crippen LogP contribution is 2.36. The van der Waals surface area contributed by atoms with Crippen molar-refractivity contribution in [3.05, 3.63) is 22.7 Å². The van der Waals surface area contributed by atoms with Gasteiger partial charge in [0, 0.05) is 19.0 Å². The van der Waals surface area contributed by atoms with Gasteiger partial charge in [0.15, 0.2) is 5.78 Å². The van der Waals surface area contributed by atoms with Crippen molar-refractivity contribution in [1.82, 2.24) is 9.55 Å². The van der Waals surface area contributed by atoms with Gasteiger partial charge >= 0.3 is 5.69 Å². The van der Waals surface area contributed by atoms with Crippen molar-refractivity contribution in [2.75, 3.05) is 12.3 Å². The van der Waals surface area contributed by atoms with Crippen molar-refractivity contribution < 1.29 is 14.6 Å². The number of aromatic nitrogens is 2. The molecule has 1 saturated heterocycles. The average Bonchev–Trinajstić information content (AvgIpc) is 3.22. The molecule has 32 heavy (non-hydrogen) atoms. The third kappa shape index (κ3) is 8.00. The molecule has 0 spiro atoms. The summed E-state index contributed by atoms with van der Waals surface area (Å²) in [5.74, 6) is -0.00718. The van der Waals surface area contributed by atoms with Gasteiger partial charge in [0.05, 0.1) is 12.7 Å². The molecule has 7 heteroatoms. The number of carbonyl (C=O) groups is 1. The van der Waals surface area contributed by atoms with Gasteiger partial charge in [-0.1, -0.05) is 84.0 Å². The highest BCUT2D eigenvalue weighted by molar-refractivity contribution is 5.85. The summed E-state index contributed by atoms with van der Waals surface area (Å²) in [7, 11) is 0. The maximum atomic E-state index is 13.1. The van der Waals surface area contributed by atoms with Crippen LogP contribution >= 0.6 is 0 Å². The van der Waals surface area contributed by atoms with E-state index in [1.807, 2.05) is 0 Å². The summed E-state index contributed by atoms with van der Waals surface area (Å²) in [6.07, 6.45) is 18.4. The number of nitrogens with zero attached hydrogens (tertiary/aromatic N) is 2. The first-order valence-corrected chi connectivity index (χ1v) is 12.7. The highest BCUT2D eigenvalue weighted by Gasteiger charge is 2.48. The van der Waals surface area contributed by atoms with Crippen molar-refractivity contribution in [2.45, 2.75) is 121 Å². The number of aliphatic hydroxyl groups is 1. The molecule has 182 valence electrons. The Morgan fingerprint density at radius 3 is 2.16 bits per heavy atom. The van der Waals surface area contributed by atoms with E-state index >= 15 is 0 Å². The standard InChI is InChI=1S/C25H43N3O4/c1-2-3-4-5-6-7-8-9-10-11-12-13-14-15-22(30)25(18-16-21(20-29)32-25)28-19-17-23(26)27-24(28)31/h17,19,21,29H,2-16,18,20H2,1H3,(H2,26,27,31)/t21-,25-/m0/s1. The maximum Gasteiger partial charge on any atom is 0.352 e. The number of rotatable bonds is 17. The van der Waals surface area contributed by atoms with E-state index in [0.717, 1.165) is 19.3 Å².